The smallest absolute Gasteiger partial charge is 0.244 e. The molecule has 0 radical (unpaired) electrons. The van der Waals surface area contributed by atoms with Gasteiger partial charge in [0.2, 0.25) is 15.9 Å². The highest BCUT2D eigenvalue weighted by molar-refractivity contribution is 7.89. The highest BCUT2D eigenvalue weighted by atomic mass is 32.2. The zero-order valence-corrected chi connectivity index (χ0v) is 18.2. The number of anilines is 1. The molecular weight excluding hydrogens is 406 g/mol. The van der Waals surface area contributed by atoms with Gasteiger partial charge in [0.15, 0.2) is 5.13 Å². The van der Waals surface area contributed by atoms with E-state index in [1.54, 1.807) is 18.2 Å². The van der Waals surface area contributed by atoms with E-state index < -0.39 is 10.0 Å². The largest absolute Gasteiger partial charge is 0.301 e. The molecule has 1 N–H and O–H groups in total. The Morgan fingerprint density at radius 1 is 1.14 bits per heavy atom. The maximum Gasteiger partial charge on any atom is 0.244 e. The number of aryl methyl sites for hydroxylation is 1. The molecule has 0 bridgehead atoms. The summed E-state index contributed by atoms with van der Waals surface area (Å²) >= 11 is 1.32. The fourth-order valence-electron chi connectivity index (χ4n) is 3.11. The number of hydrogen-bond acceptors (Lipinski definition) is 5. The Labute approximate surface area is 175 Å². The van der Waals surface area contributed by atoms with E-state index in [9.17, 15) is 13.2 Å². The maximum absolute atomic E-state index is 13.5. The zero-order chi connectivity index (χ0) is 20.9. The molecule has 1 amide bonds. The number of hydrogen-bond donors (Lipinski definition) is 1. The number of fused-ring (bicyclic) bond motifs is 1. The third-order valence-electron chi connectivity index (χ3n) is 4.56. The second-order valence-corrected chi connectivity index (χ2v) is 9.63. The van der Waals surface area contributed by atoms with Gasteiger partial charge in [0, 0.05) is 17.3 Å². The molecule has 2 aromatic carbocycles. The molecule has 6 nitrogen and oxygen atoms in total. The van der Waals surface area contributed by atoms with Crippen LogP contribution in [0.25, 0.3) is 10.8 Å². The number of benzene rings is 2. The van der Waals surface area contributed by atoms with Gasteiger partial charge >= 0.3 is 0 Å². The van der Waals surface area contributed by atoms with Crippen molar-refractivity contribution in [3.63, 3.8) is 0 Å². The Balaban J connectivity index is 1.88. The maximum atomic E-state index is 13.5. The van der Waals surface area contributed by atoms with Crippen molar-refractivity contribution in [2.24, 2.45) is 0 Å². The molecule has 1 heterocycles. The number of aromatic nitrogens is 1. The van der Waals surface area contributed by atoms with Crippen LogP contribution in [-0.2, 0) is 14.8 Å². The summed E-state index contributed by atoms with van der Waals surface area (Å²) in [6.45, 7) is 3.95. The quantitative estimate of drug-likeness (QED) is 0.509. The highest BCUT2D eigenvalue weighted by Gasteiger charge is 2.28. The molecule has 0 unspecified atom stereocenters. The molecule has 0 fully saturated rings. The van der Waals surface area contributed by atoms with Crippen molar-refractivity contribution in [3.05, 3.63) is 53.5 Å². The van der Waals surface area contributed by atoms with Gasteiger partial charge in [0.25, 0.3) is 0 Å². The molecular formula is C21H25N3O3S2. The number of nitrogens with zero attached hydrogens (tertiary/aromatic N) is 2. The van der Waals surface area contributed by atoms with Gasteiger partial charge in [0.1, 0.15) is 0 Å². The molecule has 0 aliphatic heterocycles. The van der Waals surface area contributed by atoms with E-state index in [2.05, 4.69) is 17.2 Å². The Hall–Kier alpha value is -2.29. The third kappa shape index (κ3) is 5.20. The van der Waals surface area contributed by atoms with E-state index in [1.165, 1.54) is 15.6 Å². The van der Waals surface area contributed by atoms with E-state index in [0.717, 1.165) is 23.9 Å². The van der Waals surface area contributed by atoms with Gasteiger partial charge < -0.3 is 5.32 Å². The number of rotatable bonds is 9. The van der Waals surface area contributed by atoms with E-state index in [-0.39, 0.29) is 17.3 Å². The minimum Gasteiger partial charge on any atom is -0.301 e. The number of nitrogens with one attached hydrogen (secondary N) is 1. The Kier molecular flexibility index (Phi) is 7.00. The summed E-state index contributed by atoms with van der Waals surface area (Å²) in [6, 6.07) is 12.6. The van der Waals surface area contributed by atoms with Crippen molar-refractivity contribution in [2.45, 2.75) is 38.0 Å². The van der Waals surface area contributed by atoms with Crippen molar-refractivity contribution >= 4 is 43.2 Å². The van der Waals surface area contributed by atoms with Crippen LogP contribution < -0.4 is 5.32 Å². The molecule has 0 aliphatic rings. The minimum absolute atomic E-state index is 0.227. The van der Waals surface area contributed by atoms with Gasteiger partial charge in [-0.1, -0.05) is 56.2 Å². The van der Waals surface area contributed by atoms with Gasteiger partial charge in [-0.15, -0.1) is 11.3 Å². The molecule has 0 spiro atoms. The first-order valence-corrected chi connectivity index (χ1v) is 11.9. The van der Waals surface area contributed by atoms with Crippen molar-refractivity contribution in [3.8, 4) is 0 Å². The van der Waals surface area contributed by atoms with Gasteiger partial charge in [-0.2, -0.15) is 4.31 Å². The van der Waals surface area contributed by atoms with Crippen LogP contribution in [0.15, 0.2) is 52.7 Å². The van der Waals surface area contributed by atoms with Crippen molar-refractivity contribution in [1.82, 2.24) is 9.29 Å². The Bertz CT molecular complexity index is 1090. The summed E-state index contributed by atoms with van der Waals surface area (Å²) in [5.74, 6) is -0.389. The summed E-state index contributed by atoms with van der Waals surface area (Å²) in [4.78, 5) is 17.0. The lowest BCUT2D eigenvalue weighted by molar-refractivity contribution is -0.116. The van der Waals surface area contributed by atoms with Crippen LogP contribution in [-0.4, -0.2) is 36.7 Å². The van der Waals surface area contributed by atoms with Crippen LogP contribution in [0.1, 0.15) is 31.9 Å². The average Bonchev–Trinajstić information content (AvgIpc) is 3.11. The number of carbonyl (C=O) groups is 1. The summed E-state index contributed by atoms with van der Waals surface area (Å²) in [6.07, 6.45) is 2.56. The van der Waals surface area contributed by atoms with Crippen LogP contribution in [0.4, 0.5) is 5.13 Å². The van der Waals surface area contributed by atoms with Gasteiger partial charge in [-0.3, -0.25) is 4.79 Å². The minimum atomic E-state index is -3.83. The van der Waals surface area contributed by atoms with E-state index >= 15 is 0 Å². The topological polar surface area (TPSA) is 79.4 Å². The standard InChI is InChI=1S/C21H25N3O3S2/c1-3-4-7-13-24(14-20(25)23-21-22-16(2)15-28-21)29(26,27)19-12-8-10-17-9-5-6-11-18(17)19/h5-6,8-12,15H,3-4,7,13-14H2,1-2H3,(H,22,23,25). The number of carbonyl (C=O) groups excluding carboxylic acids is 1. The Morgan fingerprint density at radius 3 is 2.62 bits per heavy atom. The lowest BCUT2D eigenvalue weighted by atomic mass is 10.1. The second kappa shape index (κ2) is 9.47. The van der Waals surface area contributed by atoms with Crippen LogP contribution in [0.2, 0.25) is 0 Å². The summed E-state index contributed by atoms with van der Waals surface area (Å²) in [5, 5.41) is 6.53. The van der Waals surface area contributed by atoms with E-state index in [4.69, 9.17) is 0 Å². The predicted octanol–water partition coefficient (Wildman–Crippen LogP) is 4.42. The number of thiazole rings is 1. The molecule has 0 saturated carbocycles. The van der Waals surface area contributed by atoms with Gasteiger partial charge in [-0.25, -0.2) is 13.4 Å². The zero-order valence-electron chi connectivity index (χ0n) is 16.6. The van der Waals surface area contributed by atoms with Crippen LogP contribution >= 0.6 is 11.3 Å². The van der Waals surface area contributed by atoms with Crippen LogP contribution in [0, 0.1) is 6.92 Å². The molecule has 0 aliphatic carbocycles. The normalized spacial score (nSPS) is 11.8. The summed E-state index contributed by atoms with van der Waals surface area (Å²) < 4.78 is 28.2. The number of sulfonamides is 1. The second-order valence-electron chi connectivity index (χ2n) is 6.87. The number of amides is 1. The Morgan fingerprint density at radius 2 is 1.90 bits per heavy atom. The van der Waals surface area contributed by atoms with Gasteiger partial charge in [0.05, 0.1) is 17.1 Å². The lowest BCUT2D eigenvalue weighted by Gasteiger charge is -2.22. The van der Waals surface area contributed by atoms with Crippen molar-refractivity contribution < 1.29 is 13.2 Å². The highest BCUT2D eigenvalue weighted by Crippen LogP contribution is 2.26. The fraction of sp³-hybridized carbons (Fsp3) is 0.333. The predicted molar refractivity (Wildman–Crippen MR) is 118 cm³/mol. The SMILES string of the molecule is CCCCCN(CC(=O)Nc1nc(C)cs1)S(=O)(=O)c1cccc2ccccc12. The van der Waals surface area contributed by atoms with Crippen LogP contribution in [0.5, 0.6) is 0 Å². The van der Waals surface area contributed by atoms with Crippen molar-refractivity contribution in [1.29, 1.82) is 0 Å². The number of unbranched alkanes of at least 4 members (excludes halogenated alkanes) is 2. The molecule has 29 heavy (non-hydrogen) atoms. The average molecular weight is 432 g/mol. The third-order valence-corrected chi connectivity index (χ3v) is 7.34. The molecule has 0 atom stereocenters. The van der Waals surface area contributed by atoms with Crippen molar-refractivity contribution in [2.75, 3.05) is 18.4 Å². The van der Waals surface area contributed by atoms with E-state index in [1.807, 2.05) is 36.6 Å². The van der Waals surface area contributed by atoms with Crippen LogP contribution in [0.3, 0.4) is 0 Å². The molecule has 8 heteroatoms. The fourth-order valence-corrected chi connectivity index (χ4v) is 5.47. The summed E-state index contributed by atoms with van der Waals surface area (Å²) in [7, 11) is -3.83. The van der Waals surface area contributed by atoms with Gasteiger partial charge in [-0.05, 0) is 24.8 Å². The molecule has 3 rings (SSSR count). The first-order chi connectivity index (χ1) is 13.9. The molecule has 1 aromatic heterocycles. The first-order valence-electron chi connectivity index (χ1n) is 9.61. The monoisotopic (exact) mass is 431 g/mol. The van der Waals surface area contributed by atoms with E-state index in [0.29, 0.717) is 23.5 Å². The molecule has 154 valence electrons. The first kappa shape index (κ1) is 21.4. The molecule has 3 aromatic rings. The summed E-state index contributed by atoms with van der Waals surface area (Å²) in [5.41, 5.74) is 0.813. The molecule has 0 saturated heterocycles. The lowest BCUT2D eigenvalue weighted by Crippen LogP contribution is -2.38.